The third-order valence-corrected chi connectivity index (χ3v) is 4.20. The molecular weight excluding hydrogens is 385 g/mol. The van der Waals surface area contributed by atoms with E-state index in [1.165, 1.54) is 31.0 Å². The molecule has 29 heavy (non-hydrogen) atoms. The number of halogens is 3. The molecule has 0 bridgehead atoms. The van der Waals surface area contributed by atoms with E-state index in [-0.39, 0.29) is 5.56 Å². The van der Waals surface area contributed by atoms with Crippen molar-refractivity contribution in [3.8, 4) is 11.8 Å². The summed E-state index contributed by atoms with van der Waals surface area (Å²) in [7, 11) is 0. The molecule has 0 unspecified atom stereocenters. The highest BCUT2D eigenvalue weighted by Crippen LogP contribution is 2.38. The van der Waals surface area contributed by atoms with Crippen LogP contribution in [0.5, 0.6) is 0 Å². The van der Waals surface area contributed by atoms with Crippen LogP contribution in [-0.2, 0) is 4.74 Å². The number of pyridine rings is 1. The van der Waals surface area contributed by atoms with E-state index in [0.717, 1.165) is 12.1 Å². The van der Waals surface area contributed by atoms with Crippen molar-refractivity contribution in [3.63, 3.8) is 0 Å². The second kappa shape index (κ2) is 7.59. The zero-order chi connectivity index (χ0) is 20.4. The molecule has 1 aliphatic rings. The molecule has 9 heteroatoms. The highest BCUT2D eigenvalue weighted by atomic mass is 19.2. The molecule has 144 valence electrons. The fourth-order valence-electron chi connectivity index (χ4n) is 2.88. The van der Waals surface area contributed by atoms with E-state index in [0.29, 0.717) is 16.8 Å². The van der Waals surface area contributed by atoms with Crippen molar-refractivity contribution < 1.29 is 22.7 Å². The van der Waals surface area contributed by atoms with E-state index in [1.807, 2.05) is 0 Å². The number of hydrogen-bond acceptors (Lipinski definition) is 5. The van der Waals surface area contributed by atoms with Crippen LogP contribution in [0.4, 0.5) is 18.0 Å². The van der Waals surface area contributed by atoms with Crippen LogP contribution in [-0.4, -0.2) is 21.0 Å². The summed E-state index contributed by atoms with van der Waals surface area (Å²) in [6.45, 7) is 0. The number of benzene rings is 1. The number of nitrogens with zero attached hydrogens (tertiary/aromatic N) is 3. The second-order valence-electron chi connectivity index (χ2n) is 6.06. The maximum Gasteiger partial charge on any atom is 0.408 e. The van der Waals surface area contributed by atoms with Crippen LogP contribution in [0.25, 0.3) is 0 Å². The highest BCUT2D eigenvalue weighted by Gasteiger charge is 2.39. The lowest BCUT2D eigenvalue weighted by atomic mass is 9.96. The molecular formula is C20H11F3N4O2. The predicted molar refractivity (Wildman–Crippen MR) is 93.7 cm³/mol. The molecule has 3 aromatic rings. The van der Waals surface area contributed by atoms with Crippen molar-refractivity contribution in [1.29, 1.82) is 0 Å². The first-order valence-electron chi connectivity index (χ1n) is 8.36. The van der Waals surface area contributed by atoms with Gasteiger partial charge in [0.05, 0.1) is 6.20 Å². The van der Waals surface area contributed by atoms with Gasteiger partial charge in [-0.2, -0.15) is 0 Å². The van der Waals surface area contributed by atoms with Crippen LogP contribution < -0.4 is 5.32 Å². The summed E-state index contributed by atoms with van der Waals surface area (Å²) < 4.78 is 46.2. The lowest BCUT2D eigenvalue weighted by Crippen LogP contribution is -2.20. The Hall–Kier alpha value is -3.93. The minimum Gasteiger partial charge on any atom is -0.439 e. The number of nitrogens with one attached hydrogen (secondary N) is 1. The first-order valence-corrected chi connectivity index (χ1v) is 8.36. The summed E-state index contributed by atoms with van der Waals surface area (Å²) in [5.41, 5.74) is 1.12. The predicted octanol–water partition coefficient (Wildman–Crippen LogP) is 3.21. The second-order valence-corrected chi connectivity index (χ2v) is 6.06. The first kappa shape index (κ1) is 18.4. The van der Waals surface area contributed by atoms with Crippen LogP contribution in [0, 0.1) is 29.3 Å². The molecule has 0 radical (unpaired) electrons. The fraction of sp³-hybridized carbons (Fsp3) is 0.100. The number of aromatic nitrogens is 3. The monoisotopic (exact) mass is 396 g/mol. The zero-order valence-electron chi connectivity index (χ0n) is 14.6. The molecule has 2 aromatic heterocycles. The molecule has 0 saturated carbocycles. The van der Waals surface area contributed by atoms with Crippen molar-refractivity contribution >= 4 is 6.09 Å². The Morgan fingerprint density at radius 1 is 1.00 bits per heavy atom. The third kappa shape index (κ3) is 3.73. The van der Waals surface area contributed by atoms with E-state index < -0.39 is 35.7 Å². The van der Waals surface area contributed by atoms with Crippen molar-refractivity contribution in [3.05, 3.63) is 89.0 Å². The Morgan fingerprint density at radius 3 is 2.66 bits per heavy atom. The van der Waals surface area contributed by atoms with Gasteiger partial charge in [0.1, 0.15) is 11.7 Å². The SMILES string of the molecule is O=C1N[C@H](c2cncc(C#Cc3cnccn3)c2)[C@@H](c2ccc(F)c(F)c2F)O1. The van der Waals surface area contributed by atoms with E-state index in [4.69, 9.17) is 4.74 Å². The normalized spacial score (nSPS) is 17.8. The maximum atomic E-state index is 14.2. The summed E-state index contributed by atoms with van der Waals surface area (Å²) in [5.74, 6) is 1.31. The molecule has 1 N–H and O–H groups in total. The molecule has 2 atom stereocenters. The van der Waals surface area contributed by atoms with Gasteiger partial charge in [0.25, 0.3) is 0 Å². The number of carbonyl (C=O) groups excluding carboxylic acids is 1. The minimum absolute atomic E-state index is 0.289. The molecule has 1 fully saturated rings. The average molecular weight is 396 g/mol. The number of rotatable bonds is 2. The molecule has 1 aliphatic heterocycles. The lowest BCUT2D eigenvalue weighted by molar-refractivity contribution is 0.129. The number of alkyl carbamates (subject to hydrolysis) is 1. The molecule has 6 nitrogen and oxygen atoms in total. The van der Waals surface area contributed by atoms with Crippen LogP contribution in [0.1, 0.15) is 34.5 Å². The Kier molecular flexibility index (Phi) is 4.83. The van der Waals surface area contributed by atoms with Gasteiger partial charge in [0, 0.05) is 35.9 Å². The first-order chi connectivity index (χ1) is 14.0. The van der Waals surface area contributed by atoms with Gasteiger partial charge in [-0.15, -0.1) is 0 Å². The van der Waals surface area contributed by atoms with Crippen molar-refractivity contribution in [1.82, 2.24) is 20.3 Å². The Bertz CT molecular complexity index is 1150. The van der Waals surface area contributed by atoms with Crippen LogP contribution >= 0.6 is 0 Å². The van der Waals surface area contributed by atoms with E-state index in [9.17, 15) is 18.0 Å². The quantitative estimate of drug-likeness (QED) is 0.532. The van der Waals surface area contributed by atoms with Gasteiger partial charge in [0.2, 0.25) is 0 Å². The van der Waals surface area contributed by atoms with E-state index in [2.05, 4.69) is 32.1 Å². The zero-order valence-corrected chi connectivity index (χ0v) is 14.6. The van der Waals surface area contributed by atoms with Gasteiger partial charge >= 0.3 is 6.09 Å². The third-order valence-electron chi connectivity index (χ3n) is 4.20. The van der Waals surface area contributed by atoms with Crippen LogP contribution in [0.2, 0.25) is 0 Å². The summed E-state index contributed by atoms with van der Waals surface area (Å²) in [6.07, 6.45) is 5.44. The largest absolute Gasteiger partial charge is 0.439 e. The summed E-state index contributed by atoms with van der Waals surface area (Å²) >= 11 is 0. The molecule has 0 spiro atoms. The number of carbonyl (C=O) groups is 1. The van der Waals surface area contributed by atoms with Crippen LogP contribution in [0.3, 0.4) is 0 Å². The van der Waals surface area contributed by atoms with Gasteiger partial charge in [-0.1, -0.05) is 5.92 Å². The van der Waals surface area contributed by atoms with Crippen LogP contribution in [0.15, 0.2) is 49.2 Å². The number of hydrogen-bond donors (Lipinski definition) is 1. The fourth-order valence-corrected chi connectivity index (χ4v) is 2.88. The molecule has 0 aliphatic carbocycles. The van der Waals surface area contributed by atoms with Gasteiger partial charge in [-0.25, -0.2) is 22.9 Å². The van der Waals surface area contributed by atoms with Gasteiger partial charge in [-0.3, -0.25) is 9.97 Å². The van der Waals surface area contributed by atoms with Gasteiger partial charge < -0.3 is 10.1 Å². The van der Waals surface area contributed by atoms with E-state index >= 15 is 0 Å². The standard InChI is InChI=1S/C20H11F3N4O2/c21-15-4-3-14(16(22)17(15)23)19-18(27-20(28)29-19)12-7-11(8-25-9-12)1-2-13-10-24-5-6-26-13/h3-10,18-19H,(H,27,28)/t18-,19-/m1/s1. The topological polar surface area (TPSA) is 77.0 Å². The van der Waals surface area contributed by atoms with Gasteiger partial charge in [-0.05, 0) is 29.7 Å². The molecule has 1 aromatic carbocycles. The van der Waals surface area contributed by atoms with Crippen molar-refractivity contribution in [2.24, 2.45) is 0 Å². The molecule has 4 rings (SSSR count). The van der Waals surface area contributed by atoms with Crippen molar-refractivity contribution in [2.45, 2.75) is 12.1 Å². The molecule has 3 heterocycles. The minimum atomic E-state index is -1.63. The summed E-state index contributed by atoms with van der Waals surface area (Å²) in [4.78, 5) is 23.8. The maximum absolute atomic E-state index is 14.2. The number of amides is 1. The Balaban J connectivity index is 1.68. The smallest absolute Gasteiger partial charge is 0.408 e. The summed E-state index contributed by atoms with van der Waals surface area (Å²) in [6, 6.07) is 2.57. The highest BCUT2D eigenvalue weighted by molar-refractivity contribution is 5.71. The summed E-state index contributed by atoms with van der Waals surface area (Å²) in [5, 5.41) is 2.53. The molecule has 1 saturated heterocycles. The van der Waals surface area contributed by atoms with E-state index in [1.54, 1.807) is 6.07 Å². The average Bonchev–Trinajstić information content (AvgIpc) is 3.13. The lowest BCUT2D eigenvalue weighted by Gasteiger charge is -2.18. The Morgan fingerprint density at radius 2 is 1.86 bits per heavy atom. The van der Waals surface area contributed by atoms with Crippen molar-refractivity contribution in [2.75, 3.05) is 0 Å². The molecule has 1 amide bonds. The Labute approximate surface area is 162 Å². The van der Waals surface area contributed by atoms with Gasteiger partial charge in [0.15, 0.2) is 23.6 Å². The number of ether oxygens (including phenoxy) is 1. The number of cyclic esters (lactones) is 1.